The third-order valence-electron chi connectivity index (χ3n) is 4.85. The van der Waals surface area contributed by atoms with Gasteiger partial charge in [0, 0.05) is 12.3 Å². The Morgan fingerprint density at radius 2 is 1.67 bits per heavy atom. The molecule has 8 heteroatoms. The van der Waals surface area contributed by atoms with Gasteiger partial charge in [-0.1, -0.05) is 27.7 Å². The van der Waals surface area contributed by atoms with Crippen molar-refractivity contribution in [1.29, 1.82) is 0 Å². The summed E-state index contributed by atoms with van der Waals surface area (Å²) in [6.07, 6.45) is 1.82. The molecular formula is C22H34NO5PS. The second-order valence-electron chi connectivity index (χ2n) is 7.87. The largest absolute Gasteiger partial charge is 0.507 e. The zero-order valence-electron chi connectivity index (χ0n) is 18.8. The van der Waals surface area contributed by atoms with Crippen molar-refractivity contribution in [2.75, 3.05) is 31.8 Å². The molecular weight excluding hydrogens is 421 g/mol. The minimum absolute atomic E-state index is 0.0462. The van der Waals surface area contributed by atoms with Crippen molar-refractivity contribution in [2.45, 2.75) is 53.4 Å². The first-order valence-corrected chi connectivity index (χ1v) is 13.2. The molecule has 0 spiro atoms. The average molecular weight is 456 g/mol. The lowest BCUT2D eigenvalue weighted by Gasteiger charge is -2.30. The van der Waals surface area contributed by atoms with E-state index in [4.69, 9.17) is 9.05 Å². The van der Waals surface area contributed by atoms with Gasteiger partial charge >= 0.3 is 7.60 Å². The van der Waals surface area contributed by atoms with E-state index in [-0.39, 0.29) is 37.2 Å². The van der Waals surface area contributed by atoms with Crippen LogP contribution in [0.1, 0.15) is 70.1 Å². The van der Waals surface area contributed by atoms with E-state index in [0.717, 1.165) is 16.7 Å². The number of rotatable bonds is 9. The van der Waals surface area contributed by atoms with Crippen LogP contribution in [0.25, 0.3) is 6.08 Å². The molecule has 0 atom stereocenters. The number of carbonyl (C=O) groups excluding carboxylic acids is 1. The average Bonchev–Trinajstić information content (AvgIpc) is 2.66. The second kappa shape index (κ2) is 10.9. The fraction of sp³-hybridized carbons (Fsp3) is 0.591. The first-order chi connectivity index (χ1) is 14.1. The van der Waals surface area contributed by atoms with Gasteiger partial charge in [-0.2, -0.15) is 0 Å². The number of amides is 1. The van der Waals surface area contributed by atoms with E-state index in [0.29, 0.717) is 23.0 Å². The summed E-state index contributed by atoms with van der Waals surface area (Å²) in [6, 6.07) is 3.88. The van der Waals surface area contributed by atoms with Crippen molar-refractivity contribution in [3.8, 4) is 5.75 Å². The van der Waals surface area contributed by atoms with Gasteiger partial charge in [-0.3, -0.25) is 9.36 Å². The third kappa shape index (κ3) is 6.13. The lowest BCUT2D eigenvalue weighted by atomic mass is 9.91. The van der Waals surface area contributed by atoms with Crippen molar-refractivity contribution in [3.05, 3.63) is 33.7 Å². The highest BCUT2D eigenvalue weighted by molar-refractivity contribution is 8.04. The molecule has 0 saturated carbocycles. The van der Waals surface area contributed by atoms with E-state index in [9.17, 15) is 14.5 Å². The Balaban J connectivity index is 2.35. The zero-order chi connectivity index (χ0) is 22.5. The summed E-state index contributed by atoms with van der Waals surface area (Å²) in [6.45, 7) is 12.7. The van der Waals surface area contributed by atoms with Gasteiger partial charge in [-0.25, -0.2) is 0 Å². The van der Waals surface area contributed by atoms with Gasteiger partial charge in [0.25, 0.3) is 5.91 Å². The predicted octanol–water partition coefficient (Wildman–Crippen LogP) is 5.78. The highest BCUT2D eigenvalue weighted by atomic mass is 32.2. The normalized spacial score (nSPS) is 16.9. The molecule has 0 radical (unpaired) electrons. The molecule has 0 bridgehead atoms. The lowest BCUT2D eigenvalue weighted by molar-refractivity contribution is -0.125. The molecule has 30 heavy (non-hydrogen) atoms. The Morgan fingerprint density at radius 1 is 1.13 bits per heavy atom. The van der Waals surface area contributed by atoms with Crippen molar-refractivity contribution in [3.63, 3.8) is 0 Å². The maximum atomic E-state index is 13.1. The Hall–Kier alpha value is -1.27. The Morgan fingerprint density at radius 3 is 2.13 bits per heavy atom. The van der Waals surface area contributed by atoms with Gasteiger partial charge in [0.2, 0.25) is 0 Å². The van der Waals surface area contributed by atoms with Gasteiger partial charge in [0.15, 0.2) is 0 Å². The fourth-order valence-corrected chi connectivity index (χ4v) is 6.08. The molecule has 1 N–H and O–H groups in total. The molecule has 1 fully saturated rings. The number of phenols is 1. The van der Waals surface area contributed by atoms with Crippen LogP contribution in [0.5, 0.6) is 5.75 Å². The number of hydrogen-bond acceptors (Lipinski definition) is 6. The molecule has 2 rings (SSSR count). The number of nitrogens with zero attached hydrogens (tertiary/aromatic N) is 1. The first-order valence-electron chi connectivity index (χ1n) is 10.5. The Kier molecular flexibility index (Phi) is 9.04. The number of thioether (sulfide) groups is 1. The predicted molar refractivity (Wildman–Crippen MR) is 124 cm³/mol. The van der Waals surface area contributed by atoms with Gasteiger partial charge in [-0.05, 0) is 60.6 Å². The molecule has 168 valence electrons. The van der Waals surface area contributed by atoms with E-state index < -0.39 is 7.60 Å². The van der Waals surface area contributed by atoms with Crippen LogP contribution in [0.2, 0.25) is 0 Å². The molecule has 1 heterocycles. The van der Waals surface area contributed by atoms with Crippen molar-refractivity contribution >= 4 is 31.3 Å². The van der Waals surface area contributed by atoms with Crippen LogP contribution in [0.4, 0.5) is 0 Å². The van der Waals surface area contributed by atoms with E-state index in [1.807, 2.05) is 45.9 Å². The topological polar surface area (TPSA) is 76.1 Å². The monoisotopic (exact) mass is 455 g/mol. The Labute approximate surface area is 184 Å². The first kappa shape index (κ1) is 25.0. The summed E-state index contributed by atoms with van der Waals surface area (Å²) in [5.41, 5.74) is 2.63. The maximum Gasteiger partial charge on any atom is 0.349 e. The molecule has 1 aromatic carbocycles. The summed E-state index contributed by atoms with van der Waals surface area (Å²) in [7, 11) is -3.35. The van der Waals surface area contributed by atoms with E-state index >= 15 is 0 Å². The van der Waals surface area contributed by atoms with Gasteiger partial charge in [0.1, 0.15) is 12.0 Å². The van der Waals surface area contributed by atoms with Gasteiger partial charge in [0.05, 0.1) is 18.1 Å². The standard InChI is InChI=1S/C22H34NO5PS/c1-7-27-29(26,28-8-2)14-23-9-10-30-20(22(23)25)13-17-11-18(15(3)4)21(24)19(12-17)16(5)6/h11-13,15-16,24H,7-10,14H2,1-6H3. The van der Waals surface area contributed by atoms with Crippen LogP contribution in [-0.4, -0.2) is 47.7 Å². The quantitative estimate of drug-likeness (QED) is 0.376. The molecule has 0 unspecified atom stereocenters. The van der Waals surface area contributed by atoms with Crippen LogP contribution < -0.4 is 0 Å². The third-order valence-corrected chi connectivity index (χ3v) is 7.83. The summed E-state index contributed by atoms with van der Waals surface area (Å²) in [4.78, 5) is 15.2. The molecule has 0 aliphatic carbocycles. The summed E-state index contributed by atoms with van der Waals surface area (Å²) in [5, 5.41) is 10.6. The van der Waals surface area contributed by atoms with Crippen LogP contribution in [0, 0.1) is 0 Å². The lowest BCUT2D eigenvalue weighted by Crippen LogP contribution is -2.38. The molecule has 1 aliphatic rings. The highest BCUT2D eigenvalue weighted by Crippen LogP contribution is 2.49. The zero-order valence-corrected chi connectivity index (χ0v) is 20.5. The molecule has 6 nitrogen and oxygen atoms in total. The number of benzene rings is 1. The Bertz CT molecular complexity index is 798. The van der Waals surface area contributed by atoms with Crippen LogP contribution in [0.15, 0.2) is 17.0 Å². The van der Waals surface area contributed by atoms with Crippen molar-refractivity contribution in [2.24, 2.45) is 0 Å². The van der Waals surface area contributed by atoms with Crippen LogP contribution >= 0.6 is 19.4 Å². The summed E-state index contributed by atoms with van der Waals surface area (Å²) in [5.74, 6) is 1.20. The van der Waals surface area contributed by atoms with E-state index in [2.05, 4.69) is 0 Å². The summed E-state index contributed by atoms with van der Waals surface area (Å²) >= 11 is 1.49. The molecule has 1 aliphatic heterocycles. The minimum Gasteiger partial charge on any atom is -0.507 e. The van der Waals surface area contributed by atoms with Gasteiger partial charge < -0.3 is 19.1 Å². The summed E-state index contributed by atoms with van der Waals surface area (Å²) < 4.78 is 23.6. The minimum atomic E-state index is -3.35. The smallest absolute Gasteiger partial charge is 0.349 e. The number of aromatic hydroxyl groups is 1. The number of carbonyl (C=O) groups is 1. The number of hydrogen-bond donors (Lipinski definition) is 1. The molecule has 1 saturated heterocycles. The maximum absolute atomic E-state index is 13.1. The SMILES string of the molecule is CCOP(=O)(CN1CCSC(=Cc2cc(C(C)C)c(O)c(C(C)C)c2)C1=O)OCC. The van der Waals surface area contributed by atoms with Crippen molar-refractivity contribution < 1.29 is 23.5 Å². The fourth-order valence-electron chi connectivity index (χ4n) is 3.36. The van der Waals surface area contributed by atoms with Crippen LogP contribution in [0.3, 0.4) is 0 Å². The highest BCUT2D eigenvalue weighted by Gasteiger charge is 2.33. The molecule has 0 aromatic heterocycles. The van der Waals surface area contributed by atoms with Crippen LogP contribution in [-0.2, 0) is 18.4 Å². The second-order valence-corrected chi connectivity index (χ2v) is 11.0. The molecule has 1 aromatic rings. The van der Waals surface area contributed by atoms with E-state index in [1.165, 1.54) is 11.8 Å². The van der Waals surface area contributed by atoms with E-state index in [1.54, 1.807) is 18.7 Å². The van der Waals surface area contributed by atoms with Gasteiger partial charge in [-0.15, -0.1) is 11.8 Å². The molecule has 1 amide bonds. The van der Waals surface area contributed by atoms with Crippen molar-refractivity contribution in [1.82, 2.24) is 4.90 Å². The number of phenolic OH excluding ortho intramolecular Hbond substituents is 1.